The summed E-state index contributed by atoms with van der Waals surface area (Å²) in [5, 5.41) is 0.751. The lowest BCUT2D eigenvalue weighted by Gasteiger charge is -2.20. The predicted molar refractivity (Wildman–Crippen MR) is 80.8 cm³/mol. The van der Waals surface area contributed by atoms with Crippen LogP contribution < -0.4 is 10.5 Å². The Kier molecular flexibility index (Phi) is 5.12. The van der Waals surface area contributed by atoms with E-state index >= 15 is 0 Å². The van der Waals surface area contributed by atoms with E-state index < -0.39 is 0 Å². The highest BCUT2D eigenvalue weighted by Gasteiger charge is 2.28. The van der Waals surface area contributed by atoms with Crippen molar-refractivity contribution in [1.29, 1.82) is 0 Å². The SMILES string of the molecule is CCC1CCC(C(N)Cc2cc(Cl)ccc2OC)C1. The van der Waals surface area contributed by atoms with E-state index in [4.69, 9.17) is 22.1 Å². The molecule has 19 heavy (non-hydrogen) atoms. The molecule has 0 radical (unpaired) electrons. The van der Waals surface area contributed by atoms with Crippen LogP contribution in [0.5, 0.6) is 5.75 Å². The Morgan fingerprint density at radius 3 is 2.84 bits per heavy atom. The topological polar surface area (TPSA) is 35.2 Å². The molecule has 0 saturated heterocycles. The molecule has 0 spiro atoms. The summed E-state index contributed by atoms with van der Waals surface area (Å²) in [6, 6.07) is 5.97. The average Bonchev–Trinajstić information content (AvgIpc) is 2.88. The van der Waals surface area contributed by atoms with Gasteiger partial charge in [0.1, 0.15) is 5.75 Å². The van der Waals surface area contributed by atoms with Gasteiger partial charge in [-0.1, -0.05) is 31.4 Å². The van der Waals surface area contributed by atoms with Crippen molar-refractivity contribution >= 4 is 11.6 Å². The molecule has 0 heterocycles. The van der Waals surface area contributed by atoms with Gasteiger partial charge >= 0.3 is 0 Å². The van der Waals surface area contributed by atoms with E-state index in [9.17, 15) is 0 Å². The summed E-state index contributed by atoms with van der Waals surface area (Å²) in [4.78, 5) is 0. The van der Waals surface area contributed by atoms with Crippen molar-refractivity contribution in [3.05, 3.63) is 28.8 Å². The van der Waals surface area contributed by atoms with Gasteiger partial charge in [-0.15, -0.1) is 0 Å². The molecule has 2 N–H and O–H groups in total. The molecule has 0 bridgehead atoms. The number of hydrogen-bond donors (Lipinski definition) is 1. The first-order chi connectivity index (χ1) is 9.13. The first-order valence-corrected chi connectivity index (χ1v) is 7.59. The zero-order chi connectivity index (χ0) is 13.8. The van der Waals surface area contributed by atoms with Crippen LogP contribution >= 0.6 is 11.6 Å². The van der Waals surface area contributed by atoms with Gasteiger partial charge in [-0.05, 0) is 54.9 Å². The van der Waals surface area contributed by atoms with E-state index in [0.717, 1.165) is 28.7 Å². The third-order valence-electron chi connectivity index (χ3n) is 4.46. The van der Waals surface area contributed by atoms with Crippen molar-refractivity contribution in [2.45, 2.75) is 45.1 Å². The molecule has 0 amide bonds. The summed E-state index contributed by atoms with van der Waals surface area (Å²) in [6.07, 6.45) is 6.01. The van der Waals surface area contributed by atoms with Crippen LogP contribution in [-0.4, -0.2) is 13.2 Å². The standard InChI is InChI=1S/C16H24ClNO/c1-3-11-4-5-12(8-11)15(18)10-13-9-14(17)6-7-16(13)19-2/h6-7,9,11-12,15H,3-5,8,10,18H2,1-2H3. The van der Waals surface area contributed by atoms with Gasteiger partial charge in [0.25, 0.3) is 0 Å². The lowest BCUT2D eigenvalue weighted by Crippen LogP contribution is -2.31. The Morgan fingerprint density at radius 2 is 2.21 bits per heavy atom. The Bertz CT molecular complexity index is 421. The molecule has 1 fully saturated rings. The normalized spacial score (nSPS) is 24.4. The van der Waals surface area contributed by atoms with E-state index in [1.54, 1.807) is 7.11 Å². The largest absolute Gasteiger partial charge is 0.496 e. The van der Waals surface area contributed by atoms with Crippen molar-refractivity contribution in [2.75, 3.05) is 7.11 Å². The number of ether oxygens (including phenoxy) is 1. The second kappa shape index (κ2) is 6.62. The van der Waals surface area contributed by atoms with E-state index in [2.05, 4.69) is 6.92 Å². The quantitative estimate of drug-likeness (QED) is 0.884. The molecule has 106 valence electrons. The summed E-state index contributed by atoms with van der Waals surface area (Å²) in [6.45, 7) is 2.28. The maximum absolute atomic E-state index is 6.40. The van der Waals surface area contributed by atoms with Gasteiger partial charge in [0, 0.05) is 11.1 Å². The molecule has 1 aromatic carbocycles. The molecule has 3 unspecified atom stereocenters. The monoisotopic (exact) mass is 281 g/mol. The Morgan fingerprint density at radius 1 is 1.42 bits per heavy atom. The number of halogens is 1. The van der Waals surface area contributed by atoms with Gasteiger partial charge in [-0.25, -0.2) is 0 Å². The van der Waals surface area contributed by atoms with Crippen molar-refractivity contribution in [3.8, 4) is 5.75 Å². The molecule has 0 aliphatic heterocycles. The van der Waals surface area contributed by atoms with Crippen molar-refractivity contribution in [1.82, 2.24) is 0 Å². The van der Waals surface area contributed by atoms with Gasteiger partial charge in [0.15, 0.2) is 0 Å². The molecule has 0 aromatic heterocycles. The van der Waals surface area contributed by atoms with Crippen LogP contribution in [0.25, 0.3) is 0 Å². The van der Waals surface area contributed by atoms with Crippen molar-refractivity contribution < 1.29 is 4.74 Å². The second-order valence-corrected chi connectivity index (χ2v) is 6.11. The van der Waals surface area contributed by atoms with Gasteiger partial charge in [0.2, 0.25) is 0 Å². The van der Waals surface area contributed by atoms with Crippen molar-refractivity contribution in [2.24, 2.45) is 17.6 Å². The van der Waals surface area contributed by atoms with Crippen LogP contribution in [0.15, 0.2) is 18.2 Å². The molecule has 1 aromatic rings. The Labute approximate surface area is 121 Å². The molecule has 2 nitrogen and oxygen atoms in total. The zero-order valence-electron chi connectivity index (χ0n) is 11.9. The summed E-state index contributed by atoms with van der Waals surface area (Å²) in [7, 11) is 1.70. The smallest absolute Gasteiger partial charge is 0.122 e. The minimum absolute atomic E-state index is 0.212. The van der Waals surface area contributed by atoms with Crippen LogP contribution in [0.1, 0.15) is 38.2 Å². The van der Waals surface area contributed by atoms with E-state index in [1.165, 1.54) is 25.7 Å². The number of benzene rings is 1. The van der Waals surface area contributed by atoms with Gasteiger partial charge in [-0.3, -0.25) is 0 Å². The number of nitrogens with two attached hydrogens (primary N) is 1. The lowest BCUT2D eigenvalue weighted by atomic mass is 9.91. The van der Waals surface area contributed by atoms with Gasteiger partial charge in [0.05, 0.1) is 7.11 Å². The average molecular weight is 282 g/mol. The maximum Gasteiger partial charge on any atom is 0.122 e. The van der Waals surface area contributed by atoms with Crippen molar-refractivity contribution in [3.63, 3.8) is 0 Å². The number of methoxy groups -OCH3 is 1. The minimum atomic E-state index is 0.212. The highest BCUT2D eigenvalue weighted by molar-refractivity contribution is 6.30. The molecule has 3 atom stereocenters. The lowest BCUT2D eigenvalue weighted by molar-refractivity contribution is 0.386. The fraction of sp³-hybridized carbons (Fsp3) is 0.625. The summed E-state index contributed by atoms with van der Waals surface area (Å²) in [5.74, 6) is 2.41. The molecule has 1 aliphatic carbocycles. The van der Waals surface area contributed by atoms with E-state index in [1.807, 2.05) is 18.2 Å². The highest BCUT2D eigenvalue weighted by atomic mass is 35.5. The number of hydrogen-bond acceptors (Lipinski definition) is 2. The minimum Gasteiger partial charge on any atom is -0.496 e. The van der Waals surface area contributed by atoms with Gasteiger partial charge in [-0.2, -0.15) is 0 Å². The molecular formula is C16H24ClNO. The van der Waals surface area contributed by atoms with E-state index in [0.29, 0.717) is 5.92 Å². The third kappa shape index (κ3) is 3.64. The maximum atomic E-state index is 6.40. The van der Waals surface area contributed by atoms with Crippen LogP contribution in [0.4, 0.5) is 0 Å². The number of rotatable bonds is 5. The molecular weight excluding hydrogens is 258 g/mol. The summed E-state index contributed by atoms with van der Waals surface area (Å²) in [5.41, 5.74) is 7.53. The van der Waals surface area contributed by atoms with Crippen LogP contribution in [-0.2, 0) is 6.42 Å². The first kappa shape index (κ1) is 14.7. The zero-order valence-corrected chi connectivity index (χ0v) is 12.6. The van der Waals surface area contributed by atoms with Crippen LogP contribution in [0.2, 0.25) is 5.02 Å². The molecule has 1 aliphatic rings. The summed E-state index contributed by atoms with van der Waals surface area (Å²) >= 11 is 6.07. The first-order valence-electron chi connectivity index (χ1n) is 7.22. The Hall–Kier alpha value is -0.730. The second-order valence-electron chi connectivity index (χ2n) is 5.67. The predicted octanol–water partition coefficient (Wildman–Crippen LogP) is 4.04. The molecule has 1 saturated carbocycles. The summed E-state index contributed by atoms with van der Waals surface area (Å²) < 4.78 is 5.39. The highest BCUT2D eigenvalue weighted by Crippen LogP contribution is 2.36. The third-order valence-corrected chi connectivity index (χ3v) is 4.70. The van der Waals surface area contributed by atoms with Crippen LogP contribution in [0.3, 0.4) is 0 Å². The van der Waals surface area contributed by atoms with Crippen LogP contribution in [0, 0.1) is 11.8 Å². The van der Waals surface area contributed by atoms with E-state index in [-0.39, 0.29) is 6.04 Å². The molecule has 2 rings (SSSR count). The van der Waals surface area contributed by atoms with Gasteiger partial charge < -0.3 is 10.5 Å². The Balaban J connectivity index is 2.02. The molecule has 3 heteroatoms. The fourth-order valence-corrected chi connectivity index (χ4v) is 3.40. The fourth-order valence-electron chi connectivity index (χ4n) is 3.20.